The van der Waals surface area contributed by atoms with Gasteiger partial charge in [-0.1, -0.05) is 30.3 Å². The molecule has 1 aliphatic heterocycles. The number of carbonyl (C=O) groups is 1. The van der Waals surface area contributed by atoms with E-state index in [1.54, 1.807) is 30.3 Å². The summed E-state index contributed by atoms with van der Waals surface area (Å²) < 4.78 is 90.7. The number of nitrogens with zero attached hydrogens (tertiary/aromatic N) is 4. The summed E-state index contributed by atoms with van der Waals surface area (Å²) in [6.45, 7) is 3.21. The summed E-state index contributed by atoms with van der Waals surface area (Å²) in [6, 6.07) is 9.91. The van der Waals surface area contributed by atoms with Crippen LogP contribution in [-0.4, -0.2) is 72.2 Å². The average Bonchev–Trinajstić information content (AvgIpc) is 2.92. The van der Waals surface area contributed by atoms with Crippen molar-refractivity contribution in [2.24, 2.45) is 0 Å². The van der Waals surface area contributed by atoms with Gasteiger partial charge in [0.1, 0.15) is 6.61 Å². The van der Waals surface area contributed by atoms with E-state index < -0.39 is 35.9 Å². The first-order valence-electron chi connectivity index (χ1n) is 12.3. The number of amides is 1. The second-order valence-electron chi connectivity index (χ2n) is 9.16. The van der Waals surface area contributed by atoms with Crippen molar-refractivity contribution < 1.29 is 40.6 Å². The molecular formula is C27H26F6N4O3. The molecule has 0 spiro atoms. The molecule has 13 heteroatoms. The molecule has 0 unspecified atom stereocenters. The zero-order valence-electron chi connectivity index (χ0n) is 21.4. The molecule has 1 amide bonds. The van der Waals surface area contributed by atoms with Gasteiger partial charge in [0, 0.05) is 45.0 Å². The summed E-state index contributed by atoms with van der Waals surface area (Å²) in [4.78, 5) is 25.1. The van der Waals surface area contributed by atoms with Crippen LogP contribution in [0.3, 0.4) is 0 Å². The van der Waals surface area contributed by atoms with E-state index in [1.165, 1.54) is 13.2 Å². The standard InChI is InChI=1S/C27H26F6N4O3/c1-36(17-18-13-20(26(28,29)30)15-21(14-18)27(31,32)33)24(38)22-16-34-25(35-23(22)19-5-3-2-4-6-19)40-12-9-37-7-10-39-11-8-37/h2-6,13-16H,7-12,17H2,1H3. The number of benzene rings is 2. The van der Waals surface area contributed by atoms with Crippen LogP contribution in [0.15, 0.2) is 54.7 Å². The van der Waals surface area contributed by atoms with Crippen LogP contribution >= 0.6 is 0 Å². The highest BCUT2D eigenvalue weighted by Gasteiger charge is 2.37. The van der Waals surface area contributed by atoms with Gasteiger partial charge in [0.15, 0.2) is 0 Å². The predicted molar refractivity (Wildman–Crippen MR) is 132 cm³/mol. The van der Waals surface area contributed by atoms with Crippen LogP contribution in [0.5, 0.6) is 6.01 Å². The normalized spacial score (nSPS) is 14.7. The molecule has 1 aromatic heterocycles. The third-order valence-electron chi connectivity index (χ3n) is 6.20. The van der Waals surface area contributed by atoms with Crippen molar-refractivity contribution in [2.75, 3.05) is 46.5 Å². The Morgan fingerprint density at radius 3 is 2.23 bits per heavy atom. The highest BCUT2D eigenvalue weighted by Crippen LogP contribution is 2.36. The van der Waals surface area contributed by atoms with Gasteiger partial charge in [-0.25, -0.2) is 4.98 Å². The number of hydrogen-bond acceptors (Lipinski definition) is 6. The Morgan fingerprint density at radius 1 is 1.00 bits per heavy atom. The highest BCUT2D eigenvalue weighted by atomic mass is 19.4. The van der Waals surface area contributed by atoms with Crippen molar-refractivity contribution in [3.8, 4) is 17.3 Å². The molecule has 7 nitrogen and oxygen atoms in total. The molecule has 1 aliphatic rings. The SMILES string of the molecule is CN(Cc1cc(C(F)(F)F)cc(C(F)(F)F)c1)C(=O)c1cnc(OCCN2CCOCC2)nc1-c1ccccc1. The fourth-order valence-electron chi connectivity index (χ4n) is 4.16. The van der Waals surface area contributed by atoms with Gasteiger partial charge in [0.05, 0.1) is 35.6 Å². The Hall–Kier alpha value is -3.71. The molecule has 0 atom stereocenters. The molecular weight excluding hydrogens is 542 g/mol. The average molecular weight is 569 g/mol. The molecule has 3 aromatic rings. The van der Waals surface area contributed by atoms with Gasteiger partial charge in [-0.3, -0.25) is 9.69 Å². The number of aromatic nitrogens is 2. The molecule has 1 fully saturated rings. The van der Waals surface area contributed by atoms with Crippen molar-refractivity contribution in [1.29, 1.82) is 0 Å². The Kier molecular flexibility index (Phi) is 8.94. The number of morpholine rings is 1. The van der Waals surface area contributed by atoms with Gasteiger partial charge >= 0.3 is 18.4 Å². The second kappa shape index (κ2) is 12.2. The molecule has 0 bridgehead atoms. The summed E-state index contributed by atoms with van der Waals surface area (Å²) in [7, 11) is 1.28. The molecule has 2 aromatic carbocycles. The van der Waals surface area contributed by atoms with Crippen LogP contribution in [0.1, 0.15) is 27.0 Å². The first kappa shape index (κ1) is 29.3. The zero-order chi connectivity index (χ0) is 28.9. The van der Waals surface area contributed by atoms with E-state index in [-0.39, 0.29) is 28.9 Å². The van der Waals surface area contributed by atoms with Gasteiger partial charge < -0.3 is 14.4 Å². The third-order valence-corrected chi connectivity index (χ3v) is 6.20. The van der Waals surface area contributed by atoms with E-state index in [2.05, 4.69) is 14.9 Å². The summed E-state index contributed by atoms with van der Waals surface area (Å²) in [5.41, 5.74) is -2.46. The lowest BCUT2D eigenvalue weighted by atomic mass is 10.0. The maximum absolute atomic E-state index is 13.4. The number of hydrogen-bond donors (Lipinski definition) is 0. The van der Waals surface area contributed by atoms with Gasteiger partial charge in [0.2, 0.25) is 0 Å². The third kappa shape index (κ3) is 7.48. The van der Waals surface area contributed by atoms with Gasteiger partial charge in [-0.15, -0.1) is 0 Å². The van der Waals surface area contributed by atoms with Gasteiger partial charge in [0.25, 0.3) is 5.91 Å². The molecule has 40 heavy (non-hydrogen) atoms. The molecule has 0 saturated carbocycles. The van der Waals surface area contributed by atoms with E-state index >= 15 is 0 Å². The van der Waals surface area contributed by atoms with E-state index in [4.69, 9.17) is 9.47 Å². The van der Waals surface area contributed by atoms with Crippen molar-refractivity contribution in [3.05, 3.63) is 77.0 Å². The molecule has 0 radical (unpaired) electrons. The van der Waals surface area contributed by atoms with E-state index in [9.17, 15) is 31.1 Å². The van der Waals surface area contributed by atoms with Gasteiger partial charge in [-0.05, 0) is 23.8 Å². The monoisotopic (exact) mass is 568 g/mol. The first-order chi connectivity index (χ1) is 18.9. The Bertz CT molecular complexity index is 1280. The molecule has 1 saturated heterocycles. The predicted octanol–water partition coefficient (Wildman–Crippen LogP) is 5.16. The lowest BCUT2D eigenvalue weighted by Crippen LogP contribution is -2.38. The fraction of sp³-hybridized carbons (Fsp3) is 0.370. The maximum Gasteiger partial charge on any atom is 0.416 e. The number of carbonyl (C=O) groups excluding carboxylic acids is 1. The Balaban J connectivity index is 1.57. The quantitative estimate of drug-likeness (QED) is 0.350. The van der Waals surface area contributed by atoms with Crippen molar-refractivity contribution in [3.63, 3.8) is 0 Å². The van der Waals surface area contributed by atoms with Crippen LogP contribution in [0.25, 0.3) is 11.3 Å². The molecule has 214 valence electrons. The largest absolute Gasteiger partial charge is 0.462 e. The van der Waals surface area contributed by atoms with Crippen molar-refractivity contribution in [1.82, 2.24) is 19.8 Å². The molecule has 4 rings (SSSR count). The van der Waals surface area contributed by atoms with Crippen molar-refractivity contribution in [2.45, 2.75) is 18.9 Å². The second-order valence-corrected chi connectivity index (χ2v) is 9.16. The van der Waals surface area contributed by atoms with E-state index in [0.717, 1.165) is 18.0 Å². The van der Waals surface area contributed by atoms with Crippen molar-refractivity contribution >= 4 is 5.91 Å². The number of ether oxygens (including phenoxy) is 2. The first-order valence-corrected chi connectivity index (χ1v) is 12.3. The highest BCUT2D eigenvalue weighted by molar-refractivity contribution is 5.99. The van der Waals surface area contributed by atoms with Gasteiger partial charge in [-0.2, -0.15) is 31.3 Å². The van der Waals surface area contributed by atoms with E-state index in [0.29, 0.717) is 44.1 Å². The molecule has 0 N–H and O–H groups in total. The summed E-state index contributed by atoms with van der Waals surface area (Å²) in [5, 5.41) is 0. The van der Waals surface area contributed by atoms with Crippen LogP contribution in [0.4, 0.5) is 26.3 Å². The maximum atomic E-state index is 13.4. The minimum atomic E-state index is -5.00. The Labute approximate surface area is 226 Å². The lowest BCUT2D eigenvalue weighted by molar-refractivity contribution is -0.143. The minimum Gasteiger partial charge on any atom is -0.462 e. The van der Waals surface area contributed by atoms with Crippen LogP contribution < -0.4 is 4.74 Å². The number of rotatable bonds is 8. The Morgan fingerprint density at radius 2 is 1.62 bits per heavy atom. The minimum absolute atomic E-state index is 0.0113. The summed E-state index contributed by atoms with van der Waals surface area (Å²) in [5.74, 6) is -0.690. The smallest absolute Gasteiger partial charge is 0.416 e. The molecule has 0 aliphatic carbocycles. The zero-order valence-corrected chi connectivity index (χ0v) is 21.4. The fourth-order valence-corrected chi connectivity index (χ4v) is 4.16. The van der Waals surface area contributed by atoms with E-state index in [1.807, 2.05) is 0 Å². The lowest BCUT2D eigenvalue weighted by Gasteiger charge is -2.26. The van der Waals surface area contributed by atoms with Crippen LogP contribution in [0.2, 0.25) is 0 Å². The topological polar surface area (TPSA) is 67.8 Å². The summed E-state index contributed by atoms with van der Waals surface area (Å²) >= 11 is 0. The number of alkyl halides is 6. The van der Waals surface area contributed by atoms with Crippen LogP contribution in [0, 0.1) is 0 Å². The van der Waals surface area contributed by atoms with Crippen LogP contribution in [-0.2, 0) is 23.6 Å². The molecule has 2 heterocycles. The summed E-state index contributed by atoms with van der Waals surface area (Å²) in [6.07, 6.45) is -8.75. The number of halogens is 6.